The molecule has 0 heterocycles. The molecule has 3 rings (SSSR count). The van der Waals surface area contributed by atoms with E-state index >= 15 is 0 Å². The molecule has 0 bridgehead atoms. The molecule has 6 heteroatoms. The van der Waals surface area contributed by atoms with Crippen molar-refractivity contribution in [3.63, 3.8) is 0 Å². The van der Waals surface area contributed by atoms with Crippen LogP contribution in [0.3, 0.4) is 0 Å². The van der Waals surface area contributed by atoms with Gasteiger partial charge in [0.1, 0.15) is 5.75 Å². The van der Waals surface area contributed by atoms with Gasteiger partial charge in [0.05, 0.1) is 11.4 Å². The summed E-state index contributed by atoms with van der Waals surface area (Å²) in [5.74, 6) is 0.510. The molecule has 28 heavy (non-hydrogen) atoms. The number of benzene rings is 3. The number of carbonyl (C=O) groups excluding carboxylic acids is 1. The normalized spacial score (nSPS) is 10.8. The molecular weight excluding hydrogens is 418 g/mol. The molecule has 0 aliphatic carbocycles. The smallest absolute Gasteiger partial charge is 0.262 e. The van der Waals surface area contributed by atoms with E-state index in [9.17, 15) is 4.79 Å². The lowest BCUT2D eigenvalue weighted by atomic mass is 10.1. The van der Waals surface area contributed by atoms with Crippen LogP contribution in [0.2, 0.25) is 0 Å². The van der Waals surface area contributed by atoms with Gasteiger partial charge < -0.3 is 10.1 Å². The highest BCUT2D eigenvalue weighted by Crippen LogP contribution is 2.27. The maximum atomic E-state index is 12.2. The van der Waals surface area contributed by atoms with Crippen LogP contribution in [-0.2, 0) is 4.79 Å². The van der Waals surface area contributed by atoms with E-state index in [1.165, 1.54) is 0 Å². The highest BCUT2D eigenvalue weighted by Gasteiger charge is 2.09. The van der Waals surface area contributed by atoms with Crippen molar-refractivity contribution < 1.29 is 9.53 Å². The van der Waals surface area contributed by atoms with Crippen molar-refractivity contribution in [1.29, 1.82) is 0 Å². The molecule has 142 valence electrons. The molecule has 0 saturated heterocycles. The summed E-state index contributed by atoms with van der Waals surface area (Å²) in [6.45, 7) is 3.85. The van der Waals surface area contributed by atoms with Crippen molar-refractivity contribution in [2.24, 2.45) is 10.2 Å². The molecule has 0 aliphatic heterocycles. The van der Waals surface area contributed by atoms with E-state index in [1.807, 2.05) is 56.3 Å². The second-order valence-electron chi connectivity index (χ2n) is 6.29. The number of nitrogens with one attached hydrogen (secondary N) is 1. The minimum Gasteiger partial charge on any atom is -0.483 e. The number of ether oxygens (including phenoxy) is 1. The quantitative estimate of drug-likeness (QED) is 0.447. The molecule has 3 aromatic carbocycles. The Hall–Kier alpha value is -2.99. The number of nitrogens with zero attached hydrogens (tertiary/aromatic N) is 2. The van der Waals surface area contributed by atoms with Gasteiger partial charge >= 0.3 is 0 Å². The van der Waals surface area contributed by atoms with Crippen molar-refractivity contribution in [3.05, 3.63) is 82.3 Å². The second-order valence-corrected chi connectivity index (χ2v) is 7.20. The summed E-state index contributed by atoms with van der Waals surface area (Å²) in [5, 5.41) is 11.2. The number of halogens is 1. The summed E-state index contributed by atoms with van der Waals surface area (Å²) in [5.41, 5.74) is 4.13. The van der Waals surface area contributed by atoms with Gasteiger partial charge in [0.25, 0.3) is 5.91 Å². The number of rotatable bonds is 6. The SMILES string of the molecule is Cc1cc(Br)cc(C)c1OCC(=O)Nc1ccc(N=Nc2ccccc2)cc1. The highest BCUT2D eigenvalue weighted by molar-refractivity contribution is 9.10. The van der Waals surface area contributed by atoms with E-state index < -0.39 is 0 Å². The van der Waals surface area contributed by atoms with Gasteiger partial charge in [-0.3, -0.25) is 4.79 Å². The standard InChI is InChI=1S/C22H20BrN3O2/c1-15-12-17(23)13-16(2)22(15)28-14-21(27)24-18-8-10-20(11-9-18)26-25-19-6-4-3-5-7-19/h3-13H,14H2,1-2H3,(H,24,27). The zero-order chi connectivity index (χ0) is 19.9. The van der Waals surface area contributed by atoms with E-state index in [0.717, 1.165) is 27.0 Å². The first-order valence-electron chi connectivity index (χ1n) is 8.77. The molecular formula is C22H20BrN3O2. The largest absolute Gasteiger partial charge is 0.483 e. The summed E-state index contributed by atoms with van der Waals surface area (Å²) in [4.78, 5) is 12.2. The monoisotopic (exact) mass is 437 g/mol. The number of anilines is 1. The molecule has 0 radical (unpaired) electrons. The Morgan fingerprint density at radius 1 is 0.929 bits per heavy atom. The minimum atomic E-state index is -0.222. The third-order valence-electron chi connectivity index (χ3n) is 3.96. The number of aryl methyl sites for hydroxylation is 2. The van der Waals surface area contributed by atoms with E-state index in [0.29, 0.717) is 11.4 Å². The van der Waals surface area contributed by atoms with Crippen LogP contribution >= 0.6 is 15.9 Å². The van der Waals surface area contributed by atoms with Crippen molar-refractivity contribution in [2.75, 3.05) is 11.9 Å². The van der Waals surface area contributed by atoms with Gasteiger partial charge in [-0.15, -0.1) is 0 Å². The summed E-state index contributed by atoms with van der Waals surface area (Å²) >= 11 is 3.45. The lowest BCUT2D eigenvalue weighted by Crippen LogP contribution is -2.20. The minimum absolute atomic E-state index is 0.0568. The van der Waals surface area contributed by atoms with Crippen molar-refractivity contribution in [1.82, 2.24) is 0 Å². The van der Waals surface area contributed by atoms with E-state index in [2.05, 4.69) is 31.5 Å². The van der Waals surface area contributed by atoms with Gasteiger partial charge in [0, 0.05) is 10.2 Å². The van der Waals surface area contributed by atoms with E-state index in [1.54, 1.807) is 24.3 Å². The van der Waals surface area contributed by atoms with Gasteiger partial charge in [-0.2, -0.15) is 10.2 Å². The number of hydrogen-bond acceptors (Lipinski definition) is 4. The van der Waals surface area contributed by atoms with Crippen molar-refractivity contribution in [3.8, 4) is 5.75 Å². The number of azo groups is 1. The summed E-state index contributed by atoms with van der Waals surface area (Å²) in [6.07, 6.45) is 0. The molecule has 0 aliphatic rings. The van der Waals surface area contributed by atoms with Crippen LogP contribution in [0.4, 0.5) is 17.1 Å². The Labute approximate surface area is 172 Å². The second kappa shape index (κ2) is 9.28. The van der Waals surface area contributed by atoms with Crippen LogP contribution in [0.25, 0.3) is 0 Å². The van der Waals surface area contributed by atoms with Gasteiger partial charge in [-0.25, -0.2) is 0 Å². The molecule has 0 saturated carbocycles. The molecule has 0 unspecified atom stereocenters. The topological polar surface area (TPSA) is 63.0 Å². The maximum absolute atomic E-state index is 12.2. The third kappa shape index (κ3) is 5.50. The average Bonchev–Trinajstić information content (AvgIpc) is 2.67. The predicted molar refractivity (Wildman–Crippen MR) is 115 cm³/mol. The Bertz CT molecular complexity index is 963. The first-order chi connectivity index (χ1) is 13.5. The van der Waals surface area contributed by atoms with Crippen molar-refractivity contribution in [2.45, 2.75) is 13.8 Å². The van der Waals surface area contributed by atoms with Crippen LogP contribution in [0.15, 0.2) is 81.4 Å². The predicted octanol–water partition coefficient (Wildman–Crippen LogP) is 6.50. The molecule has 1 N–H and O–H groups in total. The van der Waals surface area contributed by atoms with Crippen LogP contribution in [0, 0.1) is 13.8 Å². The van der Waals surface area contributed by atoms with Gasteiger partial charge in [-0.05, 0) is 73.5 Å². The molecule has 0 atom stereocenters. The lowest BCUT2D eigenvalue weighted by molar-refractivity contribution is -0.118. The fourth-order valence-corrected chi connectivity index (χ4v) is 3.37. The fraction of sp³-hybridized carbons (Fsp3) is 0.136. The van der Waals surface area contributed by atoms with E-state index in [4.69, 9.17) is 4.74 Å². The van der Waals surface area contributed by atoms with Gasteiger partial charge in [-0.1, -0.05) is 34.1 Å². The fourth-order valence-electron chi connectivity index (χ4n) is 2.68. The molecule has 0 spiro atoms. The summed E-state index contributed by atoms with van der Waals surface area (Å²) < 4.78 is 6.69. The van der Waals surface area contributed by atoms with Gasteiger partial charge in [0.15, 0.2) is 6.61 Å². The number of amides is 1. The molecule has 0 aromatic heterocycles. The number of hydrogen-bond donors (Lipinski definition) is 1. The maximum Gasteiger partial charge on any atom is 0.262 e. The number of carbonyl (C=O) groups is 1. The van der Waals surface area contributed by atoms with Crippen molar-refractivity contribution >= 4 is 38.9 Å². The van der Waals surface area contributed by atoms with Gasteiger partial charge in [0.2, 0.25) is 0 Å². The Kier molecular flexibility index (Phi) is 6.55. The average molecular weight is 438 g/mol. The first-order valence-corrected chi connectivity index (χ1v) is 9.57. The Morgan fingerprint density at radius 2 is 1.50 bits per heavy atom. The van der Waals surface area contributed by atoms with Crippen LogP contribution < -0.4 is 10.1 Å². The first kappa shape index (κ1) is 19.8. The molecule has 5 nitrogen and oxygen atoms in total. The summed E-state index contributed by atoms with van der Waals surface area (Å²) in [6, 6.07) is 20.6. The Balaban J connectivity index is 1.55. The molecule has 0 fully saturated rings. The van der Waals surface area contributed by atoms with Crippen LogP contribution in [0.1, 0.15) is 11.1 Å². The summed E-state index contributed by atoms with van der Waals surface area (Å²) in [7, 11) is 0. The zero-order valence-electron chi connectivity index (χ0n) is 15.6. The highest BCUT2D eigenvalue weighted by atomic mass is 79.9. The lowest BCUT2D eigenvalue weighted by Gasteiger charge is -2.12. The molecule has 3 aromatic rings. The molecule has 1 amide bonds. The van der Waals surface area contributed by atoms with Crippen LogP contribution in [-0.4, -0.2) is 12.5 Å². The third-order valence-corrected chi connectivity index (χ3v) is 4.42. The van der Waals surface area contributed by atoms with Crippen LogP contribution in [0.5, 0.6) is 5.75 Å². The Morgan fingerprint density at radius 3 is 2.11 bits per heavy atom. The van der Waals surface area contributed by atoms with E-state index in [-0.39, 0.29) is 12.5 Å². The zero-order valence-corrected chi connectivity index (χ0v) is 17.2.